The average molecular weight is 638 g/mol. The van der Waals surface area contributed by atoms with Crippen molar-refractivity contribution in [2.24, 2.45) is 5.41 Å². The maximum absolute atomic E-state index is 13.7. The Kier molecular flexibility index (Phi) is 11.2. The molecule has 1 radical (unpaired) electrons. The van der Waals surface area contributed by atoms with Crippen LogP contribution in [-0.2, 0) is 16.1 Å². The van der Waals surface area contributed by atoms with E-state index in [1.165, 1.54) is 25.5 Å². The molecule has 0 bridgehead atoms. The van der Waals surface area contributed by atoms with Crippen LogP contribution < -0.4 is 19.6 Å². The first kappa shape index (κ1) is 34.3. The van der Waals surface area contributed by atoms with Gasteiger partial charge in [0.15, 0.2) is 17.7 Å². The molecule has 2 heterocycles. The molecule has 45 heavy (non-hydrogen) atoms. The highest BCUT2D eigenvalue weighted by Crippen LogP contribution is 2.42. The van der Waals surface area contributed by atoms with E-state index in [0.29, 0.717) is 47.9 Å². The molecule has 2 aliphatic heterocycles. The lowest BCUT2D eigenvalue weighted by Gasteiger charge is -2.31. The van der Waals surface area contributed by atoms with Gasteiger partial charge in [0.25, 0.3) is 5.91 Å². The lowest BCUT2D eigenvalue weighted by molar-refractivity contribution is -0.120. The number of aliphatic hydroxyl groups is 2. The molecule has 2 aliphatic rings. The molecular weight excluding hydrogens is 596 g/mol. The van der Waals surface area contributed by atoms with Gasteiger partial charge in [-0.2, -0.15) is 0 Å². The first-order chi connectivity index (χ1) is 21.4. The lowest BCUT2D eigenvalue weighted by Crippen LogP contribution is -2.50. The molecule has 0 aliphatic carbocycles. The maximum atomic E-state index is 13.7. The van der Waals surface area contributed by atoms with Crippen LogP contribution in [0.5, 0.6) is 11.5 Å². The van der Waals surface area contributed by atoms with Crippen molar-refractivity contribution >= 4 is 45.7 Å². The molecule has 1 saturated heterocycles. The SMILES string of the molecule is C=C1C[C@H]2[C@H](O)N(C(=O)OCc3ccc(N[B]C(=O)C(C)(C)CCO)cc3)c3cc(OCCC(C)P)c(OC)cc3C(=O)N2C1. The van der Waals surface area contributed by atoms with Crippen LogP contribution in [0.3, 0.4) is 0 Å². The summed E-state index contributed by atoms with van der Waals surface area (Å²) >= 11 is 0. The summed E-state index contributed by atoms with van der Waals surface area (Å²) in [5, 5.41) is 23.7. The van der Waals surface area contributed by atoms with Gasteiger partial charge >= 0.3 is 13.5 Å². The van der Waals surface area contributed by atoms with Gasteiger partial charge in [0.1, 0.15) is 12.3 Å². The van der Waals surface area contributed by atoms with E-state index in [-0.39, 0.29) is 42.6 Å². The number of benzene rings is 2. The number of anilines is 2. The van der Waals surface area contributed by atoms with Gasteiger partial charge in [-0.05, 0) is 48.7 Å². The summed E-state index contributed by atoms with van der Waals surface area (Å²) in [5.74, 6) is 0.316. The summed E-state index contributed by atoms with van der Waals surface area (Å²) in [6.45, 7) is 10.0. The highest BCUT2D eigenvalue weighted by molar-refractivity contribution is 7.17. The molecule has 4 rings (SSSR count). The van der Waals surface area contributed by atoms with Crippen LogP contribution in [-0.4, -0.2) is 85.0 Å². The van der Waals surface area contributed by atoms with Gasteiger partial charge < -0.3 is 39.3 Å². The minimum atomic E-state index is -1.40. The second-order valence-corrected chi connectivity index (χ2v) is 13.3. The van der Waals surface area contributed by atoms with E-state index < -0.39 is 23.8 Å². The Balaban J connectivity index is 1.54. The number of hydrogen-bond donors (Lipinski definition) is 3. The van der Waals surface area contributed by atoms with Gasteiger partial charge in [0, 0.05) is 30.3 Å². The molecule has 13 heteroatoms. The number of nitrogens with one attached hydrogen (secondary N) is 1. The minimum absolute atomic E-state index is 0.0781. The first-order valence-electron chi connectivity index (χ1n) is 14.9. The van der Waals surface area contributed by atoms with E-state index in [4.69, 9.17) is 14.2 Å². The van der Waals surface area contributed by atoms with E-state index in [9.17, 15) is 24.6 Å². The molecule has 241 valence electrons. The molecule has 0 aromatic heterocycles. The highest BCUT2D eigenvalue weighted by Gasteiger charge is 2.46. The number of rotatable bonds is 13. The second-order valence-electron chi connectivity index (χ2n) is 12.1. The predicted octanol–water partition coefficient (Wildman–Crippen LogP) is 3.94. The summed E-state index contributed by atoms with van der Waals surface area (Å²) in [7, 11) is 5.56. The second kappa shape index (κ2) is 14.7. The molecular formula is C32H42BN3O8P. The third-order valence-corrected chi connectivity index (χ3v) is 8.38. The number of fused-ring (bicyclic) bond motifs is 2. The first-order valence-corrected chi connectivity index (χ1v) is 15.6. The van der Waals surface area contributed by atoms with E-state index >= 15 is 0 Å². The number of ether oxygens (including phenoxy) is 3. The largest absolute Gasteiger partial charge is 0.493 e. The third-order valence-electron chi connectivity index (χ3n) is 8.05. The Morgan fingerprint density at radius 3 is 2.58 bits per heavy atom. The van der Waals surface area contributed by atoms with Crippen LogP contribution in [0.1, 0.15) is 56.0 Å². The van der Waals surface area contributed by atoms with Gasteiger partial charge in [0.05, 0.1) is 31.0 Å². The van der Waals surface area contributed by atoms with Crippen LogP contribution >= 0.6 is 9.24 Å². The van der Waals surface area contributed by atoms with Crippen molar-refractivity contribution in [2.45, 2.75) is 64.6 Å². The van der Waals surface area contributed by atoms with Gasteiger partial charge in [0.2, 0.25) is 0 Å². The molecule has 1 fully saturated rings. The number of methoxy groups -OCH3 is 1. The number of nitrogens with zero attached hydrogens (tertiary/aromatic N) is 2. The van der Waals surface area contributed by atoms with Crippen LogP contribution in [0.15, 0.2) is 48.6 Å². The molecule has 2 amide bonds. The number of carbonyl (C=O) groups excluding carboxylic acids is 3. The summed E-state index contributed by atoms with van der Waals surface area (Å²) < 4.78 is 17.2. The van der Waals surface area contributed by atoms with Crippen LogP contribution in [0.4, 0.5) is 16.2 Å². The lowest BCUT2D eigenvalue weighted by atomic mass is 9.69. The Morgan fingerprint density at radius 1 is 1.22 bits per heavy atom. The summed E-state index contributed by atoms with van der Waals surface area (Å²) in [4.78, 5) is 42.5. The van der Waals surface area contributed by atoms with E-state index in [1.807, 2.05) is 6.92 Å². The summed E-state index contributed by atoms with van der Waals surface area (Å²) in [6, 6.07) is 9.35. The number of amides is 2. The number of hydrogen-bond acceptors (Lipinski definition) is 9. The Labute approximate surface area is 267 Å². The van der Waals surface area contributed by atoms with Crippen molar-refractivity contribution in [1.82, 2.24) is 4.90 Å². The molecule has 11 nitrogen and oxygen atoms in total. The molecule has 3 N–H and O–H groups in total. The zero-order valence-corrected chi connectivity index (χ0v) is 27.4. The smallest absolute Gasteiger partial charge is 0.416 e. The Morgan fingerprint density at radius 2 is 1.93 bits per heavy atom. The van der Waals surface area contributed by atoms with Crippen molar-refractivity contribution in [3.05, 3.63) is 59.7 Å². The molecule has 0 saturated carbocycles. The number of aliphatic hydroxyl groups excluding tert-OH is 2. The average Bonchev–Trinajstić information content (AvgIpc) is 3.37. The van der Waals surface area contributed by atoms with Gasteiger partial charge in [-0.3, -0.25) is 4.79 Å². The third kappa shape index (κ3) is 7.98. The summed E-state index contributed by atoms with van der Waals surface area (Å²) in [5.41, 5.74) is 1.93. The highest BCUT2D eigenvalue weighted by atomic mass is 31.0. The molecule has 2 aromatic rings. The van der Waals surface area contributed by atoms with Crippen molar-refractivity contribution in [2.75, 3.05) is 37.0 Å². The summed E-state index contributed by atoms with van der Waals surface area (Å²) in [6.07, 6.45) is -0.795. The fourth-order valence-corrected chi connectivity index (χ4v) is 5.33. The topological polar surface area (TPSA) is 138 Å². The zero-order chi connectivity index (χ0) is 32.9. The van der Waals surface area contributed by atoms with Crippen molar-refractivity contribution < 1.29 is 38.8 Å². The monoisotopic (exact) mass is 638 g/mol. The Bertz CT molecular complexity index is 1420. The molecule has 2 aromatic carbocycles. The van der Waals surface area contributed by atoms with Crippen LogP contribution in [0.25, 0.3) is 0 Å². The van der Waals surface area contributed by atoms with Gasteiger partial charge in [-0.15, -0.1) is 9.24 Å². The van der Waals surface area contributed by atoms with Crippen LogP contribution in [0, 0.1) is 5.41 Å². The fourth-order valence-electron chi connectivity index (χ4n) is 5.20. The van der Waals surface area contributed by atoms with Gasteiger partial charge in [-0.25, -0.2) is 9.69 Å². The van der Waals surface area contributed by atoms with Gasteiger partial charge in [-0.1, -0.05) is 45.1 Å². The van der Waals surface area contributed by atoms with Crippen molar-refractivity contribution in [1.29, 1.82) is 0 Å². The molecule has 2 unspecified atom stereocenters. The Hall–Kier alpha value is -3.60. The standard InChI is InChI=1S/C32H42BN3O8P/c1-19-14-25-29(39)36(24-16-27(43-13-10-20(2)45)26(42-5)15-23(24)28(38)35(25)17-19)31(41)44-18-21-6-8-22(9-7-21)34-33-30(40)32(3,4)11-12-37/h6-9,15-16,20,25,29,34,37,39H,1,10-14,17-18,45H2,2-5H3/t20?,25-,29-/m0/s1. The maximum Gasteiger partial charge on any atom is 0.416 e. The van der Waals surface area contributed by atoms with Crippen molar-refractivity contribution in [3.8, 4) is 11.5 Å². The fraction of sp³-hybridized carbons (Fsp3) is 0.469. The van der Waals surface area contributed by atoms with E-state index in [1.54, 1.807) is 44.2 Å². The van der Waals surface area contributed by atoms with E-state index in [2.05, 4.69) is 21.0 Å². The van der Waals surface area contributed by atoms with Crippen LogP contribution in [0.2, 0.25) is 0 Å². The predicted molar refractivity (Wildman–Crippen MR) is 176 cm³/mol. The van der Waals surface area contributed by atoms with E-state index in [0.717, 1.165) is 16.9 Å². The van der Waals surface area contributed by atoms with Crippen molar-refractivity contribution in [3.63, 3.8) is 0 Å². The number of carbonyl (C=O) groups is 3. The quantitative estimate of drug-likeness (QED) is 0.169. The minimum Gasteiger partial charge on any atom is -0.493 e. The zero-order valence-electron chi connectivity index (χ0n) is 26.2. The molecule has 4 atom stereocenters. The molecule has 0 spiro atoms. The normalized spacial score (nSPS) is 18.5.